The molecule has 5 rings (SSSR count). The Hall–Kier alpha value is -5.38. The second-order valence-electron chi connectivity index (χ2n) is 7.83. The highest BCUT2D eigenvalue weighted by atomic mass is 19.4. The fourth-order valence-corrected chi connectivity index (χ4v) is 3.59. The summed E-state index contributed by atoms with van der Waals surface area (Å²) in [5.41, 5.74) is 3.81. The number of alkyl halides is 3. The maximum absolute atomic E-state index is 14.1. The molecule has 0 atom stereocenters. The van der Waals surface area contributed by atoms with E-state index in [4.69, 9.17) is 10.5 Å². The maximum Gasteiger partial charge on any atom is 0.416 e. The number of nitrogens with two attached hydrogens (primary N) is 1. The summed E-state index contributed by atoms with van der Waals surface area (Å²) >= 11 is 0. The Labute approximate surface area is 210 Å². The number of urea groups is 1. The van der Waals surface area contributed by atoms with Gasteiger partial charge < -0.3 is 26.1 Å². The molecule has 3 aromatic carbocycles. The lowest BCUT2D eigenvalue weighted by Crippen LogP contribution is -2.21. The number of H-pyrrole nitrogens is 1. The second-order valence-corrected chi connectivity index (χ2v) is 7.83. The monoisotopic (exact) mass is 522 g/mol. The minimum Gasteiger partial charge on any atom is -0.454 e. The number of fused-ring (bicyclic) bond motifs is 2. The van der Waals surface area contributed by atoms with Crippen molar-refractivity contribution in [1.82, 2.24) is 15.0 Å². The van der Waals surface area contributed by atoms with E-state index in [2.05, 4.69) is 37.7 Å². The van der Waals surface area contributed by atoms with E-state index < -0.39 is 34.8 Å². The number of carbonyl (C=O) groups is 1. The molecule has 0 radical (unpaired) electrons. The number of anilines is 3. The minimum atomic E-state index is -4.71. The predicted molar refractivity (Wildman–Crippen MR) is 130 cm³/mol. The van der Waals surface area contributed by atoms with Crippen LogP contribution in [0, 0.1) is 17.9 Å². The number of nitrogens with zero attached hydrogens (tertiary/aromatic N) is 2. The maximum atomic E-state index is 14.1. The van der Waals surface area contributed by atoms with E-state index in [1.165, 1.54) is 24.4 Å². The van der Waals surface area contributed by atoms with E-state index >= 15 is 0 Å². The molecule has 0 aliphatic rings. The number of pyridine rings is 1. The van der Waals surface area contributed by atoms with Crippen molar-refractivity contribution in [2.75, 3.05) is 16.4 Å². The molecule has 0 unspecified atom stereocenters. The third-order valence-electron chi connectivity index (χ3n) is 5.33. The Morgan fingerprint density at radius 3 is 2.63 bits per heavy atom. The average molecular weight is 522 g/mol. The average Bonchev–Trinajstić information content (AvgIpc) is 2.87. The van der Waals surface area contributed by atoms with Crippen LogP contribution in [0.1, 0.15) is 5.56 Å². The third kappa shape index (κ3) is 4.70. The number of aromatic nitrogens is 3. The Morgan fingerprint density at radius 2 is 1.84 bits per heavy atom. The van der Waals surface area contributed by atoms with Crippen LogP contribution >= 0.6 is 0 Å². The summed E-state index contributed by atoms with van der Waals surface area (Å²) in [7, 11) is 0. The van der Waals surface area contributed by atoms with Gasteiger partial charge in [-0.15, -0.1) is 0 Å². The molecule has 0 saturated carbocycles. The number of ether oxygens (including phenoxy) is 1. The smallest absolute Gasteiger partial charge is 0.416 e. The van der Waals surface area contributed by atoms with Crippen LogP contribution in [0.4, 0.5) is 39.5 Å². The number of amides is 2. The molecule has 5 aromatic rings. The summed E-state index contributed by atoms with van der Waals surface area (Å²) in [5.74, 6) is -0.780. The first-order chi connectivity index (χ1) is 18.1. The molecule has 0 spiro atoms. The lowest BCUT2D eigenvalue weighted by Gasteiger charge is -2.14. The number of carbonyl (C=O) groups excluding carboxylic acids is 1. The Morgan fingerprint density at radius 1 is 1.05 bits per heavy atom. The van der Waals surface area contributed by atoms with Gasteiger partial charge in [-0.1, -0.05) is 12.1 Å². The first-order valence-electron chi connectivity index (χ1n) is 10.7. The fourth-order valence-electron chi connectivity index (χ4n) is 3.59. The van der Waals surface area contributed by atoms with Crippen LogP contribution in [0.5, 0.6) is 11.5 Å². The highest BCUT2D eigenvalue weighted by molar-refractivity contribution is 6.07. The highest BCUT2D eigenvalue weighted by Crippen LogP contribution is 2.35. The van der Waals surface area contributed by atoms with Gasteiger partial charge in [0.05, 0.1) is 22.3 Å². The quantitative estimate of drug-likeness (QED) is 0.238. The summed E-state index contributed by atoms with van der Waals surface area (Å²) in [4.78, 5) is 34.9. The molecular formula is C25H14F4N6O3. The summed E-state index contributed by atoms with van der Waals surface area (Å²) in [6, 6.07) is 14.0. The molecule has 13 heteroatoms. The van der Waals surface area contributed by atoms with Crippen molar-refractivity contribution in [3.8, 4) is 11.5 Å². The van der Waals surface area contributed by atoms with Gasteiger partial charge in [-0.2, -0.15) is 13.2 Å². The number of nitrogen functional groups attached to an aromatic ring is 1. The van der Waals surface area contributed by atoms with Crippen molar-refractivity contribution >= 4 is 45.2 Å². The van der Waals surface area contributed by atoms with E-state index in [0.29, 0.717) is 34.7 Å². The first kappa shape index (κ1) is 24.3. The van der Waals surface area contributed by atoms with Crippen LogP contribution in [-0.2, 0) is 6.18 Å². The molecule has 2 aromatic heterocycles. The van der Waals surface area contributed by atoms with Gasteiger partial charge in [0, 0.05) is 17.6 Å². The zero-order chi connectivity index (χ0) is 27.0. The number of benzene rings is 2. The number of aromatic amines is 1. The SMILES string of the molecule is Nc1nc2c(Oc3ccc(NC(=O)Nc4cc(C(F)(F)F)ccc4F)c4c#cccc34)ccnc2[nH]c1=O. The molecule has 2 amide bonds. The second kappa shape index (κ2) is 9.25. The van der Waals surface area contributed by atoms with E-state index in [0.717, 1.165) is 0 Å². The van der Waals surface area contributed by atoms with Gasteiger partial charge in [-0.05, 0) is 42.5 Å². The van der Waals surface area contributed by atoms with Gasteiger partial charge in [0.25, 0.3) is 5.56 Å². The molecule has 0 aliphatic carbocycles. The van der Waals surface area contributed by atoms with E-state index in [1.54, 1.807) is 12.1 Å². The van der Waals surface area contributed by atoms with Gasteiger partial charge in [0.15, 0.2) is 22.7 Å². The van der Waals surface area contributed by atoms with Crippen LogP contribution in [0.3, 0.4) is 0 Å². The van der Waals surface area contributed by atoms with Gasteiger partial charge in [0.2, 0.25) is 0 Å². The van der Waals surface area contributed by atoms with E-state index in [-0.39, 0.29) is 28.4 Å². The Kier molecular flexibility index (Phi) is 5.92. The van der Waals surface area contributed by atoms with Crippen molar-refractivity contribution < 1.29 is 27.1 Å². The molecular weight excluding hydrogens is 508 g/mol. The number of rotatable bonds is 4. The molecule has 190 valence electrons. The van der Waals surface area contributed by atoms with Gasteiger partial charge in [0.1, 0.15) is 11.6 Å². The van der Waals surface area contributed by atoms with E-state index in [9.17, 15) is 27.2 Å². The molecule has 2 heterocycles. The van der Waals surface area contributed by atoms with Crippen LogP contribution < -0.4 is 26.7 Å². The number of hydrogen-bond donors (Lipinski definition) is 4. The normalized spacial score (nSPS) is 11.3. The molecule has 0 saturated heterocycles. The number of nitrogens with one attached hydrogen (secondary N) is 3. The third-order valence-corrected chi connectivity index (χ3v) is 5.33. The van der Waals surface area contributed by atoms with Crippen molar-refractivity contribution in [3.05, 3.63) is 88.6 Å². The predicted octanol–water partition coefficient (Wildman–Crippen LogP) is 5.25. The fraction of sp³-hybridized carbons (Fsp3) is 0.0400. The Balaban J connectivity index is 1.45. The summed E-state index contributed by atoms with van der Waals surface area (Å²) in [5, 5.41) is 5.36. The zero-order valence-electron chi connectivity index (χ0n) is 18.9. The largest absolute Gasteiger partial charge is 0.454 e. The lowest BCUT2D eigenvalue weighted by molar-refractivity contribution is -0.137. The topological polar surface area (TPSA) is 135 Å². The molecule has 0 aliphatic heterocycles. The van der Waals surface area contributed by atoms with Crippen molar-refractivity contribution in [2.24, 2.45) is 0 Å². The number of halogens is 4. The summed E-state index contributed by atoms with van der Waals surface area (Å²) in [6.45, 7) is 0. The van der Waals surface area contributed by atoms with Crippen molar-refractivity contribution in [3.63, 3.8) is 0 Å². The van der Waals surface area contributed by atoms with Crippen molar-refractivity contribution in [1.29, 1.82) is 0 Å². The van der Waals surface area contributed by atoms with Crippen LogP contribution in [0.25, 0.3) is 21.9 Å². The molecule has 0 bridgehead atoms. The summed E-state index contributed by atoms with van der Waals surface area (Å²) < 4.78 is 59.0. The van der Waals surface area contributed by atoms with Crippen LogP contribution in [0.15, 0.2) is 59.5 Å². The van der Waals surface area contributed by atoms with Gasteiger partial charge >= 0.3 is 12.2 Å². The van der Waals surface area contributed by atoms with E-state index in [1.807, 2.05) is 0 Å². The van der Waals surface area contributed by atoms with Gasteiger partial charge in [-0.3, -0.25) is 4.79 Å². The minimum absolute atomic E-state index is 0.155. The molecule has 38 heavy (non-hydrogen) atoms. The molecule has 0 fully saturated rings. The van der Waals surface area contributed by atoms with Crippen LogP contribution in [0.2, 0.25) is 0 Å². The van der Waals surface area contributed by atoms with Crippen molar-refractivity contribution in [2.45, 2.75) is 6.18 Å². The van der Waals surface area contributed by atoms with Gasteiger partial charge in [-0.25, -0.2) is 19.2 Å². The standard InChI is InChI=1S/C25H14F4N6O3/c26-15-6-5-12(25(27,28)29)11-17(15)33-24(37)32-16-7-8-18(14-4-2-1-3-13(14)16)38-19-9-10-31-22-20(19)34-21(30)23(36)35-22/h2,4-11H,(H2,30,34)(H,31,35,36)(H2,32,33,37). The van der Waals surface area contributed by atoms with Crippen LogP contribution in [-0.4, -0.2) is 21.0 Å². The lowest BCUT2D eigenvalue weighted by atomic mass is 10.1. The first-order valence-corrected chi connectivity index (χ1v) is 10.7. The molecule has 5 N–H and O–H groups in total. The summed E-state index contributed by atoms with van der Waals surface area (Å²) in [6.07, 6.45) is -3.31. The number of hydrogen-bond acceptors (Lipinski definition) is 6. The zero-order valence-corrected chi connectivity index (χ0v) is 18.9. The molecule has 9 nitrogen and oxygen atoms in total. The highest BCUT2D eigenvalue weighted by Gasteiger charge is 2.31. The Bertz CT molecular complexity index is 1770.